The fourth-order valence-corrected chi connectivity index (χ4v) is 2.61. The summed E-state index contributed by atoms with van der Waals surface area (Å²) in [6.45, 7) is 5.78. The second-order valence-electron chi connectivity index (χ2n) is 6.35. The lowest BCUT2D eigenvalue weighted by atomic mass is 9.96. The van der Waals surface area contributed by atoms with Crippen LogP contribution in [0.2, 0.25) is 0 Å². The third-order valence-electron chi connectivity index (χ3n) is 4.06. The van der Waals surface area contributed by atoms with Gasteiger partial charge >= 0.3 is 0 Å². The molecule has 25 heavy (non-hydrogen) atoms. The van der Waals surface area contributed by atoms with E-state index in [2.05, 4.69) is 39.9 Å². The number of benzene rings is 2. The van der Waals surface area contributed by atoms with Crippen molar-refractivity contribution in [2.45, 2.75) is 32.3 Å². The van der Waals surface area contributed by atoms with Gasteiger partial charge in [-0.2, -0.15) is 0 Å². The van der Waals surface area contributed by atoms with Crippen LogP contribution in [0, 0.1) is 0 Å². The quantitative estimate of drug-likeness (QED) is 0.393. The van der Waals surface area contributed by atoms with Crippen LogP contribution in [0.1, 0.15) is 31.4 Å². The maximum Gasteiger partial charge on any atom is 0.191 e. The van der Waals surface area contributed by atoms with Gasteiger partial charge in [0.1, 0.15) is 5.60 Å². The van der Waals surface area contributed by atoms with Crippen LogP contribution in [0.5, 0.6) is 0 Å². The number of hydrogen-bond donors (Lipinski definition) is 3. The van der Waals surface area contributed by atoms with E-state index in [1.807, 2.05) is 43.3 Å². The molecule has 2 aromatic rings. The van der Waals surface area contributed by atoms with Gasteiger partial charge in [-0.1, -0.05) is 60.7 Å². The molecule has 4 heteroatoms. The zero-order chi connectivity index (χ0) is 18.0. The Bertz CT molecular complexity index is 639. The van der Waals surface area contributed by atoms with Gasteiger partial charge in [-0.15, -0.1) is 0 Å². The van der Waals surface area contributed by atoms with Crippen LogP contribution >= 0.6 is 0 Å². The summed E-state index contributed by atoms with van der Waals surface area (Å²) in [7, 11) is 0. The first-order valence-corrected chi connectivity index (χ1v) is 8.96. The lowest BCUT2D eigenvalue weighted by Gasteiger charge is -2.22. The molecule has 0 heterocycles. The van der Waals surface area contributed by atoms with Crippen molar-refractivity contribution in [3.63, 3.8) is 0 Å². The summed E-state index contributed by atoms with van der Waals surface area (Å²) in [6, 6.07) is 20.1. The van der Waals surface area contributed by atoms with E-state index in [1.165, 1.54) is 5.56 Å². The molecule has 1 atom stereocenters. The first-order chi connectivity index (χ1) is 12.1. The van der Waals surface area contributed by atoms with E-state index in [-0.39, 0.29) is 0 Å². The van der Waals surface area contributed by atoms with Crippen LogP contribution in [-0.2, 0) is 12.0 Å². The second kappa shape index (κ2) is 9.84. The smallest absolute Gasteiger partial charge is 0.191 e. The van der Waals surface area contributed by atoms with Crippen molar-refractivity contribution < 1.29 is 5.11 Å². The average Bonchev–Trinajstić information content (AvgIpc) is 2.65. The van der Waals surface area contributed by atoms with E-state index in [9.17, 15) is 5.11 Å². The maximum atomic E-state index is 10.7. The van der Waals surface area contributed by atoms with Gasteiger partial charge in [0.25, 0.3) is 0 Å². The molecule has 0 amide bonds. The van der Waals surface area contributed by atoms with Crippen molar-refractivity contribution in [1.29, 1.82) is 0 Å². The number of nitrogens with zero attached hydrogens (tertiary/aromatic N) is 1. The Labute approximate surface area is 151 Å². The molecule has 0 saturated carbocycles. The largest absolute Gasteiger partial charge is 0.384 e. The van der Waals surface area contributed by atoms with Gasteiger partial charge in [0.2, 0.25) is 0 Å². The fraction of sp³-hybridized carbons (Fsp3) is 0.381. The third kappa shape index (κ3) is 6.59. The van der Waals surface area contributed by atoms with Crippen molar-refractivity contribution in [3.8, 4) is 0 Å². The van der Waals surface area contributed by atoms with Crippen molar-refractivity contribution in [2.24, 2.45) is 4.99 Å². The van der Waals surface area contributed by atoms with Crippen molar-refractivity contribution >= 4 is 5.96 Å². The Morgan fingerprint density at radius 3 is 2.28 bits per heavy atom. The molecule has 0 fully saturated rings. The average molecular weight is 339 g/mol. The van der Waals surface area contributed by atoms with Crippen molar-refractivity contribution in [2.75, 3.05) is 19.6 Å². The lowest BCUT2D eigenvalue weighted by molar-refractivity contribution is 0.0672. The van der Waals surface area contributed by atoms with Crippen LogP contribution in [-0.4, -0.2) is 30.7 Å². The second-order valence-corrected chi connectivity index (χ2v) is 6.35. The Kier molecular flexibility index (Phi) is 7.48. The number of nitrogens with one attached hydrogen (secondary N) is 2. The Hall–Kier alpha value is -2.33. The predicted molar refractivity (Wildman–Crippen MR) is 105 cm³/mol. The van der Waals surface area contributed by atoms with Gasteiger partial charge in [0.15, 0.2) is 5.96 Å². The van der Waals surface area contributed by atoms with Gasteiger partial charge in [-0.3, -0.25) is 0 Å². The topological polar surface area (TPSA) is 56.7 Å². The van der Waals surface area contributed by atoms with E-state index >= 15 is 0 Å². The molecule has 4 nitrogen and oxygen atoms in total. The summed E-state index contributed by atoms with van der Waals surface area (Å²) in [5.74, 6) is 0.742. The minimum absolute atomic E-state index is 0.311. The first-order valence-electron chi connectivity index (χ1n) is 8.96. The molecule has 134 valence electrons. The molecular weight excluding hydrogens is 310 g/mol. The van der Waals surface area contributed by atoms with Gasteiger partial charge in [0.05, 0.1) is 6.54 Å². The van der Waals surface area contributed by atoms with E-state index in [0.717, 1.165) is 37.5 Å². The van der Waals surface area contributed by atoms with Crippen LogP contribution in [0.3, 0.4) is 0 Å². The molecule has 2 rings (SSSR count). The van der Waals surface area contributed by atoms with E-state index in [1.54, 1.807) is 6.92 Å². The Morgan fingerprint density at radius 1 is 1.00 bits per heavy atom. The number of guanidine groups is 1. The number of aliphatic imine (C=N–C) groups is 1. The van der Waals surface area contributed by atoms with Gasteiger partial charge in [-0.25, -0.2) is 4.99 Å². The molecule has 0 bridgehead atoms. The molecular formula is C21H29N3O. The van der Waals surface area contributed by atoms with E-state index in [4.69, 9.17) is 0 Å². The minimum atomic E-state index is -0.979. The number of hydrogen-bond acceptors (Lipinski definition) is 2. The molecule has 0 aromatic heterocycles. The maximum absolute atomic E-state index is 10.7. The third-order valence-corrected chi connectivity index (χ3v) is 4.06. The van der Waals surface area contributed by atoms with Gasteiger partial charge < -0.3 is 15.7 Å². The Morgan fingerprint density at radius 2 is 1.64 bits per heavy atom. The molecule has 0 radical (unpaired) electrons. The molecule has 0 aliphatic carbocycles. The normalized spacial score (nSPS) is 14.0. The summed E-state index contributed by atoms with van der Waals surface area (Å²) in [5, 5.41) is 17.2. The summed E-state index contributed by atoms with van der Waals surface area (Å²) in [5.41, 5.74) is 1.24. The van der Waals surface area contributed by atoms with Crippen LogP contribution in [0.15, 0.2) is 65.7 Å². The van der Waals surface area contributed by atoms with Gasteiger partial charge in [-0.05, 0) is 37.8 Å². The highest BCUT2D eigenvalue weighted by molar-refractivity contribution is 5.79. The standard InChI is InChI=1S/C21H29N3O/c1-3-22-20(23-16-10-13-18-11-6-4-7-12-18)24-17-21(2,25)19-14-8-5-9-15-19/h4-9,11-12,14-15,25H,3,10,13,16-17H2,1-2H3,(H2,22,23,24). The number of rotatable bonds is 8. The molecule has 0 spiro atoms. The number of aliphatic hydroxyl groups is 1. The highest BCUT2D eigenvalue weighted by Gasteiger charge is 2.22. The predicted octanol–water partition coefficient (Wildman–Crippen LogP) is 3.08. The summed E-state index contributed by atoms with van der Waals surface area (Å²) in [6.07, 6.45) is 2.07. The lowest BCUT2D eigenvalue weighted by Crippen LogP contribution is -2.39. The Balaban J connectivity index is 1.85. The monoisotopic (exact) mass is 339 g/mol. The molecule has 2 aromatic carbocycles. The molecule has 1 unspecified atom stereocenters. The number of aryl methyl sites for hydroxylation is 1. The minimum Gasteiger partial charge on any atom is -0.384 e. The molecule has 3 N–H and O–H groups in total. The van der Waals surface area contributed by atoms with Crippen LogP contribution in [0.25, 0.3) is 0 Å². The van der Waals surface area contributed by atoms with Crippen molar-refractivity contribution in [3.05, 3.63) is 71.8 Å². The van der Waals surface area contributed by atoms with Crippen LogP contribution < -0.4 is 10.6 Å². The van der Waals surface area contributed by atoms with Crippen LogP contribution in [0.4, 0.5) is 0 Å². The van der Waals surface area contributed by atoms with Gasteiger partial charge in [0, 0.05) is 13.1 Å². The highest BCUT2D eigenvalue weighted by atomic mass is 16.3. The summed E-state index contributed by atoms with van der Waals surface area (Å²) in [4.78, 5) is 4.55. The highest BCUT2D eigenvalue weighted by Crippen LogP contribution is 2.20. The fourth-order valence-electron chi connectivity index (χ4n) is 2.61. The van der Waals surface area contributed by atoms with E-state index < -0.39 is 5.60 Å². The molecule has 0 aliphatic rings. The molecule has 0 saturated heterocycles. The zero-order valence-corrected chi connectivity index (χ0v) is 15.2. The molecule has 0 aliphatic heterocycles. The zero-order valence-electron chi connectivity index (χ0n) is 15.2. The first kappa shape index (κ1) is 19.0. The van der Waals surface area contributed by atoms with E-state index in [0.29, 0.717) is 6.54 Å². The summed E-state index contributed by atoms with van der Waals surface area (Å²) >= 11 is 0. The summed E-state index contributed by atoms with van der Waals surface area (Å²) < 4.78 is 0. The SMILES string of the molecule is CCNC(=NCC(C)(O)c1ccccc1)NCCCc1ccccc1. The van der Waals surface area contributed by atoms with Crippen molar-refractivity contribution in [1.82, 2.24) is 10.6 Å².